The van der Waals surface area contributed by atoms with Crippen LogP contribution in [0.25, 0.3) is 10.6 Å². The van der Waals surface area contributed by atoms with E-state index in [1.54, 1.807) is 11.8 Å². The highest BCUT2D eigenvalue weighted by molar-refractivity contribution is 7.99. The predicted molar refractivity (Wildman–Crippen MR) is 66.2 cm³/mol. The first-order valence-electron chi connectivity index (χ1n) is 4.62. The maximum absolute atomic E-state index is 5.58. The first-order valence-corrected chi connectivity index (χ1v) is 6.42. The number of nitrogens with two attached hydrogens (primary N) is 1. The van der Waals surface area contributed by atoms with Gasteiger partial charge in [0.25, 0.3) is 0 Å². The van der Waals surface area contributed by atoms with Gasteiger partial charge in [-0.2, -0.15) is 0 Å². The van der Waals surface area contributed by atoms with Crippen LogP contribution in [0.15, 0.2) is 29.2 Å². The van der Waals surface area contributed by atoms with Crippen molar-refractivity contribution in [1.82, 2.24) is 10.2 Å². The SMILES string of the molecule is CCSc1ccccc1-c1nnc(N)s1. The highest BCUT2D eigenvalue weighted by Crippen LogP contribution is 2.33. The quantitative estimate of drug-likeness (QED) is 0.834. The molecule has 1 aromatic carbocycles. The second kappa shape index (κ2) is 4.63. The summed E-state index contributed by atoms with van der Waals surface area (Å²) in [5.41, 5.74) is 6.70. The summed E-state index contributed by atoms with van der Waals surface area (Å²) >= 11 is 3.23. The van der Waals surface area contributed by atoms with Gasteiger partial charge in [-0.3, -0.25) is 0 Å². The summed E-state index contributed by atoms with van der Waals surface area (Å²) < 4.78 is 0. The summed E-state index contributed by atoms with van der Waals surface area (Å²) in [5.74, 6) is 1.05. The van der Waals surface area contributed by atoms with E-state index in [2.05, 4.69) is 29.3 Å². The Kier molecular flexibility index (Phi) is 3.23. The molecule has 2 N–H and O–H groups in total. The van der Waals surface area contributed by atoms with Crippen molar-refractivity contribution in [3.8, 4) is 10.6 Å². The second-order valence-electron chi connectivity index (χ2n) is 2.87. The van der Waals surface area contributed by atoms with E-state index in [0.717, 1.165) is 16.3 Å². The molecular weight excluding hydrogens is 226 g/mol. The number of hydrogen-bond acceptors (Lipinski definition) is 5. The first kappa shape index (κ1) is 10.4. The molecule has 0 spiro atoms. The molecule has 0 bridgehead atoms. The van der Waals surface area contributed by atoms with Crippen LogP contribution in [0.3, 0.4) is 0 Å². The summed E-state index contributed by atoms with van der Waals surface area (Å²) in [6.07, 6.45) is 0. The fraction of sp³-hybridized carbons (Fsp3) is 0.200. The van der Waals surface area contributed by atoms with Gasteiger partial charge in [0.05, 0.1) is 0 Å². The van der Waals surface area contributed by atoms with E-state index >= 15 is 0 Å². The average molecular weight is 237 g/mol. The largest absolute Gasteiger partial charge is 0.374 e. The Morgan fingerprint density at radius 3 is 2.80 bits per heavy atom. The molecule has 0 aliphatic rings. The zero-order chi connectivity index (χ0) is 10.7. The lowest BCUT2D eigenvalue weighted by atomic mass is 10.2. The number of hydrogen-bond donors (Lipinski definition) is 1. The second-order valence-corrected chi connectivity index (χ2v) is 5.19. The van der Waals surface area contributed by atoms with Crippen molar-refractivity contribution in [1.29, 1.82) is 0 Å². The van der Waals surface area contributed by atoms with Gasteiger partial charge in [0.15, 0.2) is 5.01 Å². The number of rotatable bonds is 3. The number of thioether (sulfide) groups is 1. The number of aromatic nitrogens is 2. The van der Waals surface area contributed by atoms with Crippen molar-refractivity contribution in [2.24, 2.45) is 0 Å². The summed E-state index contributed by atoms with van der Waals surface area (Å²) in [5, 5.41) is 9.30. The standard InChI is InChI=1S/C10H11N3S2/c1-2-14-8-6-4-3-5-7(8)9-12-13-10(11)15-9/h3-6H,2H2,1H3,(H2,11,13). The molecule has 2 aromatic rings. The third kappa shape index (κ3) is 2.30. The van der Waals surface area contributed by atoms with E-state index in [1.165, 1.54) is 16.2 Å². The van der Waals surface area contributed by atoms with Crippen molar-refractivity contribution >= 4 is 28.2 Å². The fourth-order valence-electron chi connectivity index (χ4n) is 1.27. The van der Waals surface area contributed by atoms with Crippen molar-refractivity contribution in [3.63, 3.8) is 0 Å². The molecule has 1 aromatic heterocycles. The zero-order valence-corrected chi connectivity index (χ0v) is 9.94. The molecule has 78 valence electrons. The molecule has 5 heteroatoms. The van der Waals surface area contributed by atoms with Crippen LogP contribution in [0.2, 0.25) is 0 Å². The van der Waals surface area contributed by atoms with Crippen molar-refractivity contribution in [2.75, 3.05) is 11.5 Å². The Hall–Kier alpha value is -1.07. The Bertz CT molecular complexity index is 453. The van der Waals surface area contributed by atoms with Crippen molar-refractivity contribution < 1.29 is 0 Å². The summed E-state index contributed by atoms with van der Waals surface area (Å²) in [6.45, 7) is 2.13. The molecule has 0 radical (unpaired) electrons. The number of nitrogens with zero attached hydrogens (tertiary/aromatic N) is 2. The minimum Gasteiger partial charge on any atom is -0.374 e. The average Bonchev–Trinajstić information content (AvgIpc) is 2.66. The molecule has 0 atom stereocenters. The molecule has 0 saturated heterocycles. The highest BCUT2D eigenvalue weighted by atomic mass is 32.2. The van der Waals surface area contributed by atoms with Crippen LogP contribution in [0.4, 0.5) is 5.13 Å². The Morgan fingerprint density at radius 2 is 2.13 bits per heavy atom. The normalized spacial score (nSPS) is 10.5. The van der Waals surface area contributed by atoms with Gasteiger partial charge in [0.1, 0.15) is 0 Å². The van der Waals surface area contributed by atoms with E-state index < -0.39 is 0 Å². The topological polar surface area (TPSA) is 51.8 Å². The third-order valence-corrected chi connectivity index (χ3v) is 3.60. The lowest BCUT2D eigenvalue weighted by Gasteiger charge is -2.03. The number of anilines is 1. The van der Waals surface area contributed by atoms with Crippen molar-refractivity contribution in [2.45, 2.75) is 11.8 Å². The summed E-state index contributed by atoms with van der Waals surface area (Å²) in [4.78, 5) is 1.23. The Balaban J connectivity index is 2.42. The highest BCUT2D eigenvalue weighted by Gasteiger charge is 2.08. The molecule has 2 rings (SSSR count). The third-order valence-electron chi connectivity index (χ3n) is 1.86. The first-order chi connectivity index (χ1) is 7.31. The Labute approximate surface area is 96.7 Å². The number of benzene rings is 1. The van der Waals surface area contributed by atoms with Crippen LogP contribution >= 0.6 is 23.1 Å². The van der Waals surface area contributed by atoms with Gasteiger partial charge in [-0.1, -0.05) is 36.5 Å². The minimum absolute atomic E-state index is 0.515. The van der Waals surface area contributed by atoms with Crippen LogP contribution < -0.4 is 5.73 Å². The lowest BCUT2D eigenvalue weighted by molar-refractivity contribution is 1.10. The van der Waals surface area contributed by atoms with Crippen LogP contribution in [0, 0.1) is 0 Å². The van der Waals surface area contributed by atoms with Gasteiger partial charge in [0, 0.05) is 10.5 Å². The molecule has 15 heavy (non-hydrogen) atoms. The van der Waals surface area contributed by atoms with Gasteiger partial charge in [0.2, 0.25) is 5.13 Å². The van der Waals surface area contributed by atoms with Gasteiger partial charge in [-0.15, -0.1) is 22.0 Å². The van der Waals surface area contributed by atoms with E-state index in [1.807, 2.05) is 12.1 Å². The van der Waals surface area contributed by atoms with Gasteiger partial charge < -0.3 is 5.73 Å². The molecule has 3 nitrogen and oxygen atoms in total. The van der Waals surface area contributed by atoms with Crippen LogP contribution in [-0.2, 0) is 0 Å². The molecule has 0 amide bonds. The maximum atomic E-state index is 5.58. The molecule has 0 fully saturated rings. The van der Waals surface area contributed by atoms with Crippen LogP contribution in [0.5, 0.6) is 0 Å². The molecule has 0 unspecified atom stereocenters. The zero-order valence-electron chi connectivity index (χ0n) is 8.30. The van der Waals surface area contributed by atoms with Gasteiger partial charge >= 0.3 is 0 Å². The van der Waals surface area contributed by atoms with Gasteiger partial charge in [-0.25, -0.2) is 0 Å². The van der Waals surface area contributed by atoms with E-state index in [-0.39, 0.29) is 0 Å². The van der Waals surface area contributed by atoms with E-state index in [9.17, 15) is 0 Å². The smallest absolute Gasteiger partial charge is 0.203 e. The van der Waals surface area contributed by atoms with E-state index in [4.69, 9.17) is 5.73 Å². The maximum Gasteiger partial charge on any atom is 0.203 e. The van der Waals surface area contributed by atoms with Crippen LogP contribution in [0.1, 0.15) is 6.92 Å². The monoisotopic (exact) mass is 237 g/mol. The van der Waals surface area contributed by atoms with Crippen molar-refractivity contribution in [3.05, 3.63) is 24.3 Å². The molecular formula is C10H11N3S2. The number of nitrogen functional groups attached to an aromatic ring is 1. The molecule has 0 saturated carbocycles. The molecule has 0 aliphatic heterocycles. The predicted octanol–water partition coefficient (Wildman–Crippen LogP) is 2.90. The molecule has 0 aliphatic carbocycles. The van der Waals surface area contributed by atoms with E-state index in [0.29, 0.717) is 5.13 Å². The lowest BCUT2D eigenvalue weighted by Crippen LogP contribution is -1.82. The summed E-state index contributed by atoms with van der Waals surface area (Å²) in [7, 11) is 0. The Morgan fingerprint density at radius 1 is 1.33 bits per heavy atom. The molecule has 1 heterocycles. The summed E-state index contributed by atoms with van der Waals surface area (Å²) in [6, 6.07) is 8.19. The minimum atomic E-state index is 0.515. The van der Waals surface area contributed by atoms with Crippen LogP contribution in [-0.4, -0.2) is 16.0 Å². The van der Waals surface area contributed by atoms with Gasteiger partial charge in [-0.05, 0) is 11.8 Å². The fourth-order valence-corrected chi connectivity index (χ4v) is 2.79.